The van der Waals surface area contributed by atoms with Crippen molar-refractivity contribution in [2.75, 3.05) is 10.6 Å². The summed E-state index contributed by atoms with van der Waals surface area (Å²) in [6.07, 6.45) is 0. The molecule has 0 aromatic heterocycles. The Hall–Kier alpha value is -2.89. The van der Waals surface area contributed by atoms with Crippen LogP contribution in [0, 0.1) is 12.7 Å². The van der Waals surface area contributed by atoms with Crippen LogP contribution < -0.4 is 16.4 Å². The molecule has 0 saturated carbocycles. The number of nitrogens with two attached hydrogens (primary N) is 1. The number of rotatable bonds is 5. The number of nitrogens with one attached hydrogen (secondary N) is 2. The number of halogens is 1. The first-order valence-electron chi connectivity index (χ1n) is 7.10. The van der Waals surface area contributed by atoms with Gasteiger partial charge in [0.1, 0.15) is 11.9 Å². The average Bonchev–Trinajstić information content (AvgIpc) is 2.51. The van der Waals surface area contributed by atoms with Gasteiger partial charge in [-0.05, 0) is 55.8 Å². The van der Waals surface area contributed by atoms with Gasteiger partial charge in [0.2, 0.25) is 11.8 Å². The number of anilines is 2. The quantitative estimate of drug-likeness (QED) is 0.793. The van der Waals surface area contributed by atoms with Gasteiger partial charge in [-0.2, -0.15) is 0 Å². The molecule has 0 heterocycles. The molecule has 2 amide bonds. The van der Waals surface area contributed by atoms with E-state index in [1.165, 1.54) is 18.2 Å². The van der Waals surface area contributed by atoms with E-state index in [0.29, 0.717) is 22.5 Å². The highest BCUT2D eigenvalue weighted by Crippen LogP contribution is 2.15. The van der Waals surface area contributed by atoms with Crippen molar-refractivity contribution >= 4 is 23.2 Å². The molecule has 2 rings (SSSR count). The van der Waals surface area contributed by atoms with Crippen LogP contribution in [-0.2, 0) is 4.79 Å². The maximum Gasteiger partial charge on any atom is 0.248 e. The van der Waals surface area contributed by atoms with Crippen LogP contribution in [0.4, 0.5) is 15.8 Å². The van der Waals surface area contributed by atoms with Gasteiger partial charge in [-0.1, -0.05) is 6.07 Å². The van der Waals surface area contributed by atoms with Crippen molar-refractivity contribution in [2.24, 2.45) is 5.73 Å². The van der Waals surface area contributed by atoms with Crippen molar-refractivity contribution in [3.05, 3.63) is 59.4 Å². The Bertz CT molecular complexity index is 729. The zero-order valence-electron chi connectivity index (χ0n) is 12.9. The molecule has 23 heavy (non-hydrogen) atoms. The van der Waals surface area contributed by atoms with Gasteiger partial charge in [0.15, 0.2) is 0 Å². The summed E-state index contributed by atoms with van der Waals surface area (Å²) in [5.74, 6) is -1.14. The van der Waals surface area contributed by atoms with Crippen molar-refractivity contribution in [3.8, 4) is 0 Å². The first-order chi connectivity index (χ1) is 10.9. The van der Waals surface area contributed by atoms with E-state index in [1.54, 1.807) is 38.1 Å². The van der Waals surface area contributed by atoms with E-state index in [1.807, 2.05) is 0 Å². The van der Waals surface area contributed by atoms with E-state index < -0.39 is 11.9 Å². The zero-order valence-corrected chi connectivity index (χ0v) is 12.9. The summed E-state index contributed by atoms with van der Waals surface area (Å²) >= 11 is 0. The van der Waals surface area contributed by atoms with Crippen molar-refractivity contribution in [2.45, 2.75) is 19.9 Å². The average molecular weight is 315 g/mol. The second kappa shape index (κ2) is 6.91. The molecular weight excluding hydrogens is 297 g/mol. The molecule has 2 aromatic rings. The van der Waals surface area contributed by atoms with Crippen LogP contribution in [0.25, 0.3) is 0 Å². The summed E-state index contributed by atoms with van der Waals surface area (Å²) < 4.78 is 13.5. The second-order valence-corrected chi connectivity index (χ2v) is 5.26. The highest BCUT2D eigenvalue weighted by Gasteiger charge is 2.13. The third kappa shape index (κ3) is 4.29. The summed E-state index contributed by atoms with van der Waals surface area (Å²) in [5.41, 5.74) is 7.14. The predicted molar refractivity (Wildman–Crippen MR) is 87.8 cm³/mol. The lowest BCUT2D eigenvalue weighted by Gasteiger charge is -2.16. The number of benzene rings is 2. The van der Waals surface area contributed by atoms with Gasteiger partial charge in [-0.15, -0.1) is 0 Å². The van der Waals surface area contributed by atoms with Gasteiger partial charge in [0.05, 0.1) is 0 Å². The number of carbonyl (C=O) groups is 2. The molecular formula is C17H18FN3O2. The van der Waals surface area contributed by atoms with Crippen molar-refractivity contribution in [3.63, 3.8) is 0 Å². The fourth-order valence-electron chi connectivity index (χ4n) is 1.97. The van der Waals surface area contributed by atoms with Gasteiger partial charge in [-0.3, -0.25) is 9.59 Å². The van der Waals surface area contributed by atoms with Crippen LogP contribution in [0.1, 0.15) is 22.8 Å². The molecule has 6 heteroatoms. The van der Waals surface area contributed by atoms with E-state index in [-0.39, 0.29) is 11.7 Å². The summed E-state index contributed by atoms with van der Waals surface area (Å²) in [7, 11) is 0. The molecule has 1 atom stereocenters. The Labute approximate surface area is 133 Å². The molecule has 0 unspecified atom stereocenters. The third-order valence-electron chi connectivity index (χ3n) is 3.39. The number of amides is 2. The first kappa shape index (κ1) is 16.5. The highest BCUT2D eigenvalue weighted by atomic mass is 19.1. The maximum absolute atomic E-state index is 13.5. The van der Waals surface area contributed by atoms with Gasteiger partial charge >= 0.3 is 0 Å². The fourth-order valence-corrected chi connectivity index (χ4v) is 1.97. The molecule has 4 N–H and O–H groups in total. The Kier molecular flexibility index (Phi) is 4.95. The molecule has 0 aliphatic heterocycles. The van der Waals surface area contributed by atoms with Crippen LogP contribution >= 0.6 is 0 Å². The first-order valence-corrected chi connectivity index (χ1v) is 7.10. The molecule has 0 aliphatic carbocycles. The largest absolute Gasteiger partial charge is 0.374 e. The SMILES string of the molecule is Cc1ccc(N[C@H](C)C(=O)Nc2ccc(C(N)=O)cc2)cc1F. The third-order valence-corrected chi connectivity index (χ3v) is 3.39. The van der Waals surface area contributed by atoms with E-state index in [4.69, 9.17) is 5.73 Å². The van der Waals surface area contributed by atoms with Crippen molar-refractivity contribution < 1.29 is 14.0 Å². The van der Waals surface area contributed by atoms with Gasteiger partial charge < -0.3 is 16.4 Å². The van der Waals surface area contributed by atoms with Crippen LogP contribution in [-0.4, -0.2) is 17.9 Å². The topological polar surface area (TPSA) is 84.2 Å². The Balaban J connectivity index is 1.99. The standard InChI is InChI=1S/C17H18FN3O2/c1-10-3-6-14(9-15(10)18)20-11(2)17(23)21-13-7-4-12(5-8-13)16(19)22/h3-9,11,20H,1-2H3,(H2,19,22)(H,21,23)/t11-/m1/s1. The summed E-state index contributed by atoms with van der Waals surface area (Å²) in [6.45, 7) is 3.34. The minimum absolute atomic E-state index is 0.280. The fraction of sp³-hybridized carbons (Fsp3) is 0.176. The second-order valence-electron chi connectivity index (χ2n) is 5.26. The van der Waals surface area contributed by atoms with Crippen LogP contribution in [0.15, 0.2) is 42.5 Å². The summed E-state index contributed by atoms with van der Waals surface area (Å²) in [6, 6.07) is 10.4. The lowest BCUT2D eigenvalue weighted by molar-refractivity contribution is -0.116. The van der Waals surface area contributed by atoms with E-state index in [9.17, 15) is 14.0 Å². The molecule has 120 valence electrons. The normalized spacial score (nSPS) is 11.6. The van der Waals surface area contributed by atoms with Gasteiger partial charge in [0.25, 0.3) is 0 Å². The molecule has 0 aliphatic rings. The van der Waals surface area contributed by atoms with Gasteiger partial charge in [0, 0.05) is 16.9 Å². The van der Waals surface area contributed by atoms with E-state index in [2.05, 4.69) is 10.6 Å². The minimum Gasteiger partial charge on any atom is -0.374 e. The zero-order chi connectivity index (χ0) is 17.0. The molecule has 0 spiro atoms. The number of hydrogen-bond acceptors (Lipinski definition) is 3. The summed E-state index contributed by atoms with van der Waals surface area (Å²) in [4.78, 5) is 23.1. The minimum atomic E-state index is -0.562. The number of primary amides is 1. The maximum atomic E-state index is 13.5. The van der Waals surface area contributed by atoms with Crippen molar-refractivity contribution in [1.29, 1.82) is 0 Å². The molecule has 0 bridgehead atoms. The molecule has 0 fully saturated rings. The lowest BCUT2D eigenvalue weighted by Crippen LogP contribution is -2.31. The predicted octanol–water partition coefficient (Wildman–Crippen LogP) is 2.67. The monoisotopic (exact) mass is 315 g/mol. The Morgan fingerprint density at radius 1 is 1.09 bits per heavy atom. The molecule has 0 radical (unpaired) electrons. The molecule has 0 saturated heterocycles. The Morgan fingerprint density at radius 3 is 2.26 bits per heavy atom. The van der Waals surface area contributed by atoms with Crippen LogP contribution in [0.2, 0.25) is 0 Å². The summed E-state index contributed by atoms with van der Waals surface area (Å²) in [5, 5.41) is 5.64. The number of hydrogen-bond donors (Lipinski definition) is 3. The smallest absolute Gasteiger partial charge is 0.248 e. The Morgan fingerprint density at radius 2 is 1.70 bits per heavy atom. The van der Waals surface area contributed by atoms with Crippen LogP contribution in [0.5, 0.6) is 0 Å². The van der Waals surface area contributed by atoms with Crippen LogP contribution in [0.3, 0.4) is 0 Å². The van der Waals surface area contributed by atoms with E-state index >= 15 is 0 Å². The number of aryl methyl sites for hydroxylation is 1. The molecule has 2 aromatic carbocycles. The number of carbonyl (C=O) groups excluding carboxylic acids is 2. The highest BCUT2D eigenvalue weighted by molar-refractivity contribution is 5.97. The lowest BCUT2D eigenvalue weighted by atomic mass is 10.2. The van der Waals surface area contributed by atoms with E-state index in [0.717, 1.165) is 0 Å². The van der Waals surface area contributed by atoms with Crippen molar-refractivity contribution in [1.82, 2.24) is 0 Å². The molecule has 5 nitrogen and oxygen atoms in total. The van der Waals surface area contributed by atoms with Gasteiger partial charge in [-0.25, -0.2) is 4.39 Å².